The first-order chi connectivity index (χ1) is 39.5. The van der Waals surface area contributed by atoms with Crippen LogP contribution >= 0.6 is 0 Å². The summed E-state index contributed by atoms with van der Waals surface area (Å²) in [6, 6.07) is 0. The van der Waals surface area contributed by atoms with E-state index >= 15 is 0 Å². The van der Waals surface area contributed by atoms with E-state index in [1.165, 1.54) is 19.3 Å². The summed E-state index contributed by atoms with van der Waals surface area (Å²) in [7, 11) is 0. The zero-order valence-electron chi connectivity index (χ0n) is 50.8. The van der Waals surface area contributed by atoms with Crippen LogP contribution in [-0.2, 0) is 28.6 Å². The SMILES string of the molecule is CC/C=C\C/C=C\C/C=C\C/C=C\C/C=C\C/C=C\C/C=C\C/C=C\C/C=C\CCCC(=O)OCC(COC(=O)CCCCCCC/C=C\C/C=C\CCCC)OC(=O)CCCCC/C=C\C/C=C\C/C=C\C/C=C\C/C=C\CC. The highest BCUT2D eigenvalue weighted by Gasteiger charge is 2.19. The molecule has 0 saturated heterocycles. The van der Waals surface area contributed by atoms with Gasteiger partial charge in [0.25, 0.3) is 0 Å². The van der Waals surface area contributed by atoms with Crippen molar-refractivity contribution in [1.29, 1.82) is 0 Å². The Morgan fingerprint density at radius 3 is 0.825 bits per heavy atom. The lowest BCUT2D eigenvalue weighted by atomic mass is 10.1. The molecule has 0 N–H and O–H groups in total. The molecule has 0 aromatic rings. The van der Waals surface area contributed by atoms with Crippen molar-refractivity contribution in [1.82, 2.24) is 0 Å². The van der Waals surface area contributed by atoms with Crippen molar-refractivity contribution in [2.45, 2.75) is 239 Å². The van der Waals surface area contributed by atoms with Gasteiger partial charge in [0.15, 0.2) is 6.10 Å². The predicted octanol–water partition coefficient (Wildman–Crippen LogP) is 21.8. The van der Waals surface area contributed by atoms with Crippen LogP contribution < -0.4 is 0 Å². The molecule has 0 radical (unpaired) electrons. The quantitative estimate of drug-likeness (QED) is 0.0261. The molecule has 0 aliphatic heterocycles. The fourth-order valence-electron chi connectivity index (χ4n) is 7.66. The lowest BCUT2D eigenvalue weighted by Crippen LogP contribution is -2.30. The molecule has 444 valence electrons. The maximum Gasteiger partial charge on any atom is 0.306 e. The molecule has 0 spiro atoms. The molecule has 1 unspecified atom stereocenters. The van der Waals surface area contributed by atoms with E-state index in [2.05, 4.69) is 215 Å². The monoisotopic (exact) mass is 1100 g/mol. The minimum Gasteiger partial charge on any atom is -0.462 e. The van der Waals surface area contributed by atoms with E-state index in [4.69, 9.17) is 14.2 Å². The molecule has 80 heavy (non-hydrogen) atoms. The van der Waals surface area contributed by atoms with E-state index in [0.717, 1.165) is 161 Å². The molecular formula is C74H112O6. The summed E-state index contributed by atoms with van der Waals surface area (Å²) < 4.78 is 16.8. The third-order valence-corrected chi connectivity index (χ3v) is 12.3. The van der Waals surface area contributed by atoms with Gasteiger partial charge < -0.3 is 14.2 Å². The number of carbonyl (C=O) groups is 3. The van der Waals surface area contributed by atoms with Crippen LogP contribution in [0.5, 0.6) is 0 Å². The number of esters is 3. The highest BCUT2D eigenvalue weighted by atomic mass is 16.6. The summed E-state index contributed by atoms with van der Waals surface area (Å²) >= 11 is 0. The molecule has 0 bridgehead atoms. The molecule has 0 fully saturated rings. The molecule has 0 heterocycles. The van der Waals surface area contributed by atoms with Gasteiger partial charge in [0.1, 0.15) is 13.2 Å². The van der Waals surface area contributed by atoms with Crippen LogP contribution in [0, 0.1) is 0 Å². The van der Waals surface area contributed by atoms with E-state index in [1.807, 2.05) is 0 Å². The summed E-state index contributed by atoms with van der Waals surface area (Å²) in [6.07, 6.45) is 100. The van der Waals surface area contributed by atoms with Gasteiger partial charge in [0.2, 0.25) is 0 Å². The summed E-state index contributed by atoms with van der Waals surface area (Å²) in [4.78, 5) is 38.3. The Hall–Kier alpha value is -5.75. The van der Waals surface area contributed by atoms with Crippen LogP contribution in [0.1, 0.15) is 233 Å². The van der Waals surface area contributed by atoms with Crippen molar-refractivity contribution in [3.05, 3.63) is 194 Å². The largest absolute Gasteiger partial charge is 0.462 e. The number of ether oxygens (including phenoxy) is 3. The number of allylic oxidation sites excluding steroid dienone is 32. The second-order valence-corrected chi connectivity index (χ2v) is 19.8. The number of hydrogen-bond acceptors (Lipinski definition) is 6. The number of carbonyl (C=O) groups excluding carboxylic acids is 3. The van der Waals surface area contributed by atoms with Gasteiger partial charge in [-0.05, 0) is 154 Å². The molecule has 6 nitrogen and oxygen atoms in total. The Morgan fingerprint density at radius 2 is 0.500 bits per heavy atom. The molecule has 0 saturated carbocycles. The normalized spacial score (nSPS) is 13.5. The second-order valence-electron chi connectivity index (χ2n) is 19.8. The first-order valence-electron chi connectivity index (χ1n) is 31.4. The van der Waals surface area contributed by atoms with Gasteiger partial charge in [-0.15, -0.1) is 0 Å². The molecule has 0 aliphatic carbocycles. The fraction of sp³-hybridized carbons (Fsp3) is 0.527. The summed E-state index contributed by atoms with van der Waals surface area (Å²) in [5.41, 5.74) is 0. The molecular weight excluding hydrogens is 985 g/mol. The fourth-order valence-corrected chi connectivity index (χ4v) is 7.66. The average Bonchev–Trinajstić information content (AvgIpc) is 3.46. The van der Waals surface area contributed by atoms with Gasteiger partial charge in [-0.3, -0.25) is 14.4 Å². The molecule has 0 aromatic heterocycles. The number of hydrogen-bond donors (Lipinski definition) is 0. The highest BCUT2D eigenvalue weighted by Crippen LogP contribution is 2.12. The van der Waals surface area contributed by atoms with Crippen molar-refractivity contribution in [2.75, 3.05) is 13.2 Å². The molecule has 1 atom stereocenters. The van der Waals surface area contributed by atoms with Gasteiger partial charge >= 0.3 is 17.9 Å². The van der Waals surface area contributed by atoms with Gasteiger partial charge in [0, 0.05) is 19.3 Å². The van der Waals surface area contributed by atoms with E-state index in [-0.39, 0.29) is 44.0 Å². The maximum absolute atomic E-state index is 12.9. The van der Waals surface area contributed by atoms with Crippen LogP contribution in [0.15, 0.2) is 194 Å². The van der Waals surface area contributed by atoms with E-state index in [1.54, 1.807) is 0 Å². The van der Waals surface area contributed by atoms with E-state index in [9.17, 15) is 14.4 Å². The van der Waals surface area contributed by atoms with Crippen molar-refractivity contribution >= 4 is 17.9 Å². The van der Waals surface area contributed by atoms with Crippen molar-refractivity contribution in [2.24, 2.45) is 0 Å². The zero-order valence-corrected chi connectivity index (χ0v) is 50.8. The van der Waals surface area contributed by atoms with Crippen molar-refractivity contribution in [3.63, 3.8) is 0 Å². The van der Waals surface area contributed by atoms with Crippen LogP contribution in [-0.4, -0.2) is 37.2 Å². The van der Waals surface area contributed by atoms with E-state index in [0.29, 0.717) is 19.3 Å². The lowest BCUT2D eigenvalue weighted by molar-refractivity contribution is -0.167. The molecule has 0 aliphatic rings. The van der Waals surface area contributed by atoms with Crippen LogP contribution in [0.25, 0.3) is 0 Å². The average molecular weight is 1100 g/mol. The van der Waals surface area contributed by atoms with Crippen LogP contribution in [0.3, 0.4) is 0 Å². The molecule has 6 heteroatoms. The zero-order chi connectivity index (χ0) is 57.8. The third-order valence-electron chi connectivity index (χ3n) is 12.3. The Labute approximate surface area is 490 Å². The van der Waals surface area contributed by atoms with E-state index < -0.39 is 6.10 Å². The summed E-state index contributed by atoms with van der Waals surface area (Å²) in [5, 5.41) is 0. The van der Waals surface area contributed by atoms with Gasteiger partial charge in [-0.25, -0.2) is 0 Å². The third kappa shape index (κ3) is 63.1. The van der Waals surface area contributed by atoms with Gasteiger partial charge in [-0.1, -0.05) is 254 Å². The Bertz CT molecular complexity index is 1930. The van der Waals surface area contributed by atoms with Crippen LogP contribution in [0.4, 0.5) is 0 Å². The molecule has 0 amide bonds. The second kappa shape index (κ2) is 65.8. The Morgan fingerprint density at radius 1 is 0.263 bits per heavy atom. The molecule has 0 aromatic carbocycles. The first-order valence-corrected chi connectivity index (χ1v) is 31.4. The standard InChI is InChI=1S/C74H112O6/c1-4-7-10-13-16-19-22-25-28-30-32-33-34-35-36-37-38-39-40-41-43-44-46-49-52-55-58-61-64-67-73(76)79-70-71(69-78-72(75)66-63-60-57-54-51-48-27-24-21-18-15-12-9-6-3)80-74(77)68-65-62-59-56-53-50-47-45-42-31-29-26-23-20-17-14-11-8-5-2/h7-8,10-11,15-20,24-29,32-33,35-36,38-39,41-43,45-46,49-50,53,55,58,71H,4-6,9,12-14,21-23,30-31,34,37,40,44,47-48,51-52,54,56-57,59-70H2,1-3H3/b10-7-,11-8-,18-15-,19-16-,20-17-,27-24-,28-25-,29-26-,33-32-,36-35-,39-38-,43-41-,45-42-,49-46-,53-50-,58-55-. The van der Waals surface area contributed by atoms with Crippen LogP contribution in [0.2, 0.25) is 0 Å². The summed E-state index contributed by atoms with van der Waals surface area (Å²) in [6.45, 7) is 6.26. The van der Waals surface area contributed by atoms with Gasteiger partial charge in [0.05, 0.1) is 0 Å². The Balaban J connectivity index is 4.55. The number of rotatable bonds is 54. The smallest absolute Gasteiger partial charge is 0.306 e. The maximum atomic E-state index is 12.9. The first kappa shape index (κ1) is 74.2. The summed E-state index contributed by atoms with van der Waals surface area (Å²) in [5.74, 6) is -1.05. The molecule has 0 rings (SSSR count). The number of unbranched alkanes of at least 4 members (excludes halogenated alkanes) is 11. The van der Waals surface area contributed by atoms with Gasteiger partial charge in [-0.2, -0.15) is 0 Å². The lowest BCUT2D eigenvalue weighted by Gasteiger charge is -2.18. The minimum atomic E-state index is -0.838. The minimum absolute atomic E-state index is 0.127. The highest BCUT2D eigenvalue weighted by molar-refractivity contribution is 5.71. The predicted molar refractivity (Wildman–Crippen MR) is 347 cm³/mol. The Kier molecular flexibility index (Phi) is 61.0. The van der Waals surface area contributed by atoms with Crippen molar-refractivity contribution in [3.8, 4) is 0 Å². The van der Waals surface area contributed by atoms with Crippen molar-refractivity contribution < 1.29 is 28.6 Å². The topological polar surface area (TPSA) is 78.9 Å².